The maximum Gasteiger partial charge on any atom is 0.305 e. The third kappa shape index (κ3) is 3.06. The molecular formula is C25H36O7. The van der Waals surface area contributed by atoms with E-state index in [-0.39, 0.29) is 53.0 Å². The van der Waals surface area contributed by atoms with Gasteiger partial charge in [-0.25, -0.2) is 0 Å². The number of fused-ring (bicyclic) bond motifs is 7. The summed E-state index contributed by atoms with van der Waals surface area (Å²) in [4.78, 5) is 35.5. The van der Waals surface area contributed by atoms with Crippen molar-refractivity contribution in [3.8, 4) is 0 Å². The van der Waals surface area contributed by atoms with Gasteiger partial charge in [0.15, 0.2) is 0 Å². The average molecular weight is 449 g/mol. The van der Waals surface area contributed by atoms with Gasteiger partial charge in [0.05, 0.1) is 0 Å². The molecule has 0 radical (unpaired) electrons. The Morgan fingerprint density at radius 3 is 2.19 bits per heavy atom. The van der Waals surface area contributed by atoms with Crippen molar-refractivity contribution in [1.82, 2.24) is 0 Å². The highest BCUT2D eigenvalue weighted by atomic mass is 16.8. The first-order valence-electron chi connectivity index (χ1n) is 12.2. The Morgan fingerprint density at radius 2 is 1.53 bits per heavy atom. The van der Waals surface area contributed by atoms with E-state index in [0.29, 0.717) is 17.8 Å². The third-order valence-corrected chi connectivity index (χ3v) is 9.89. The van der Waals surface area contributed by atoms with Crippen LogP contribution in [-0.4, -0.2) is 42.0 Å². The third-order valence-electron chi connectivity index (χ3n) is 9.89. The number of esters is 3. The zero-order valence-corrected chi connectivity index (χ0v) is 19.8. The quantitative estimate of drug-likeness (QED) is 0.369. The number of hydrogen-bond acceptors (Lipinski definition) is 7. The van der Waals surface area contributed by atoms with Gasteiger partial charge >= 0.3 is 17.9 Å². The number of carbonyl (C=O) groups excluding carboxylic acids is 3. The van der Waals surface area contributed by atoms with Crippen LogP contribution in [0.4, 0.5) is 0 Å². The molecule has 4 saturated carbocycles. The van der Waals surface area contributed by atoms with Crippen LogP contribution < -0.4 is 0 Å². The van der Waals surface area contributed by atoms with Crippen molar-refractivity contribution in [2.24, 2.45) is 34.5 Å². The first kappa shape index (κ1) is 22.2. The lowest BCUT2D eigenvalue weighted by molar-refractivity contribution is -0.219. The summed E-state index contributed by atoms with van der Waals surface area (Å²) in [7, 11) is 0. The Balaban J connectivity index is 1.45. The van der Waals surface area contributed by atoms with Crippen molar-refractivity contribution < 1.29 is 33.3 Å². The van der Waals surface area contributed by atoms with Crippen LogP contribution in [0.15, 0.2) is 0 Å². The minimum Gasteiger partial charge on any atom is -0.463 e. The smallest absolute Gasteiger partial charge is 0.305 e. The fourth-order valence-electron chi connectivity index (χ4n) is 8.64. The summed E-state index contributed by atoms with van der Waals surface area (Å²) in [6.07, 6.45) is 6.01. The van der Waals surface area contributed by atoms with Crippen LogP contribution in [0.25, 0.3) is 0 Å². The van der Waals surface area contributed by atoms with Crippen molar-refractivity contribution in [3.63, 3.8) is 0 Å². The summed E-state index contributed by atoms with van der Waals surface area (Å²) < 4.78 is 23.3. The van der Waals surface area contributed by atoms with Gasteiger partial charge in [-0.15, -0.1) is 0 Å². The summed E-state index contributed by atoms with van der Waals surface area (Å²) in [6, 6.07) is 0. The van der Waals surface area contributed by atoms with E-state index in [4.69, 9.17) is 18.9 Å². The molecule has 0 bridgehead atoms. The molecule has 32 heavy (non-hydrogen) atoms. The minimum absolute atomic E-state index is 0.0162. The molecule has 5 fully saturated rings. The molecule has 5 rings (SSSR count). The normalized spacial score (nSPS) is 50.7. The number of hydrogen-bond donors (Lipinski definition) is 0. The van der Waals surface area contributed by atoms with E-state index in [1.807, 2.05) is 0 Å². The molecule has 7 heteroatoms. The Hall–Kier alpha value is -1.63. The maximum absolute atomic E-state index is 12.0. The largest absolute Gasteiger partial charge is 0.463 e. The van der Waals surface area contributed by atoms with E-state index in [1.165, 1.54) is 20.8 Å². The van der Waals surface area contributed by atoms with Gasteiger partial charge in [-0.05, 0) is 68.1 Å². The molecule has 4 aliphatic carbocycles. The summed E-state index contributed by atoms with van der Waals surface area (Å²) in [5.74, 6) is -0.0737. The zero-order chi connectivity index (χ0) is 23.1. The lowest BCUT2D eigenvalue weighted by atomic mass is 9.44. The average Bonchev–Trinajstić information content (AvgIpc) is 3.31. The van der Waals surface area contributed by atoms with Gasteiger partial charge in [0.2, 0.25) is 5.79 Å². The highest BCUT2D eigenvalue weighted by molar-refractivity contribution is 5.67. The van der Waals surface area contributed by atoms with Crippen LogP contribution >= 0.6 is 0 Å². The van der Waals surface area contributed by atoms with Gasteiger partial charge < -0.3 is 18.9 Å². The molecule has 0 unspecified atom stereocenters. The number of ether oxygens (including phenoxy) is 4. The van der Waals surface area contributed by atoms with Crippen LogP contribution in [0.1, 0.15) is 79.6 Å². The fraction of sp³-hybridized carbons (Fsp3) is 0.880. The Kier molecular flexibility index (Phi) is 4.98. The highest BCUT2D eigenvalue weighted by Crippen LogP contribution is 2.74. The van der Waals surface area contributed by atoms with E-state index >= 15 is 0 Å². The van der Waals surface area contributed by atoms with Gasteiger partial charge in [-0.1, -0.05) is 13.8 Å². The van der Waals surface area contributed by atoms with Crippen molar-refractivity contribution in [3.05, 3.63) is 0 Å². The second-order valence-electron chi connectivity index (χ2n) is 11.4. The number of rotatable bonds is 3. The van der Waals surface area contributed by atoms with Gasteiger partial charge in [-0.2, -0.15) is 0 Å². The second-order valence-corrected chi connectivity index (χ2v) is 11.4. The SMILES string of the molecule is CC(=O)O[C@H]1CC[C@@]2(C)[C@H](C1)[C@@H](OC(C)=O)C[C@@H]1[C@@H]2CC[C@@]2(C)[C@H]1C[C@H]1O[C@]12OC(C)=O. The number of epoxide rings is 1. The Labute approximate surface area is 189 Å². The first-order valence-corrected chi connectivity index (χ1v) is 12.2. The molecule has 0 aromatic heterocycles. The van der Waals surface area contributed by atoms with Gasteiger partial charge in [0.1, 0.15) is 18.3 Å². The van der Waals surface area contributed by atoms with E-state index in [0.717, 1.165) is 44.9 Å². The predicted molar refractivity (Wildman–Crippen MR) is 113 cm³/mol. The molecule has 178 valence electrons. The zero-order valence-electron chi connectivity index (χ0n) is 19.8. The van der Waals surface area contributed by atoms with Crippen molar-refractivity contribution in [1.29, 1.82) is 0 Å². The topological polar surface area (TPSA) is 91.4 Å². The first-order chi connectivity index (χ1) is 15.0. The maximum atomic E-state index is 12.0. The van der Waals surface area contributed by atoms with E-state index in [2.05, 4.69) is 13.8 Å². The monoisotopic (exact) mass is 448 g/mol. The summed E-state index contributed by atoms with van der Waals surface area (Å²) in [6.45, 7) is 9.00. The molecule has 0 N–H and O–H groups in total. The molecule has 1 heterocycles. The van der Waals surface area contributed by atoms with Crippen molar-refractivity contribution >= 4 is 17.9 Å². The van der Waals surface area contributed by atoms with E-state index in [9.17, 15) is 14.4 Å². The van der Waals surface area contributed by atoms with Crippen LogP contribution in [0.5, 0.6) is 0 Å². The molecule has 1 aliphatic heterocycles. The van der Waals surface area contributed by atoms with Crippen molar-refractivity contribution in [2.75, 3.05) is 0 Å². The van der Waals surface area contributed by atoms with Crippen LogP contribution in [0.2, 0.25) is 0 Å². The molecule has 0 amide bonds. The molecule has 10 atom stereocenters. The molecule has 0 aromatic carbocycles. The molecule has 5 aliphatic rings. The van der Waals surface area contributed by atoms with Crippen LogP contribution in [0.3, 0.4) is 0 Å². The Bertz CT molecular complexity index is 840. The summed E-state index contributed by atoms with van der Waals surface area (Å²) >= 11 is 0. The predicted octanol–water partition coefficient (Wildman–Crippen LogP) is 3.77. The minimum atomic E-state index is -0.768. The number of carbonyl (C=O) groups is 3. The molecule has 1 saturated heterocycles. The van der Waals surface area contributed by atoms with Crippen LogP contribution in [0, 0.1) is 34.5 Å². The summed E-state index contributed by atoms with van der Waals surface area (Å²) in [5, 5.41) is 0. The summed E-state index contributed by atoms with van der Waals surface area (Å²) in [5.41, 5.74) is -0.174. The molecule has 0 aromatic rings. The lowest BCUT2D eigenvalue weighted by Gasteiger charge is -2.62. The van der Waals surface area contributed by atoms with Crippen LogP contribution in [-0.2, 0) is 33.3 Å². The van der Waals surface area contributed by atoms with Crippen molar-refractivity contribution in [2.45, 2.75) is 104 Å². The standard InChI is InChI=1S/C25H36O7/c1-13(26)29-16-6-8-23(4)18-7-9-24(5)19(12-22-25(24,32-22)31-15(3)28)17(18)11-21(20(23)10-16)30-14(2)27/h16-22H,6-12H2,1-5H3/t16-,17+,18-,19-,20+,21-,22+,23+,24-,25+/m0/s1. The molecule has 0 spiro atoms. The molecular weight excluding hydrogens is 412 g/mol. The molecule has 7 nitrogen and oxygen atoms in total. The van der Waals surface area contributed by atoms with Gasteiger partial charge in [-0.3, -0.25) is 14.4 Å². The van der Waals surface area contributed by atoms with E-state index in [1.54, 1.807) is 0 Å². The van der Waals surface area contributed by atoms with Gasteiger partial charge in [0, 0.05) is 32.1 Å². The highest BCUT2D eigenvalue weighted by Gasteiger charge is 2.80. The van der Waals surface area contributed by atoms with Gasteiger partial charge in [0.25, 0.3) is 0 Å². The second kappa shape index (κ2) is 7.18. The van der Waals surface area contributed by atoms with E-state index < -0.39 is 5.79 Å². The Morgan fingerprint density at radius 1 is 0.812 bits per heavy atom. The fourth-order valence-corrected chi connectivity index (χ4v) is 8.64. The lowest BCUT2D eigenvalue weighted by Crippen LogP contribution is -2.60.